The third-order valence-corrected chi connectivity index (χ3v) is 2.96. The fourth-order valence-corrected chi connectivity index (χ4v) is 2.12. The predicted octanol–water partition coefficient (Wildman–Crippen LogP) is 2.57. The fourth-order valence-electron chi connectivity index (χ4n) is 2.12. The number of hydrogen-bond acceptors (Lipinski definition) is 1. The van der Waals surface area contributed by atoms with Gasteiger partial charge in [0.25, 0.3) is 0 Å². The summed E-state index contributed by atoms with van der Waals surface area (Å²) >= 11 is 0. The molecule has 0 unspecified atom stereocenters. The number of fused-ring (bicyclic) bond motifs is 2. The van der Waals surface area contributed by atoms with Crippen LogP contribution >= 0.6 is 0 Å². The molecule has 0 radical (unpaired) electrons. The molecule has 0 bridgehead atoms. The standard InChI is InChI=1S/C15H14NO/c1-16(2)13-7-5-9-15-12(13)10-11-6-3-4-8-14(11)17-15/h3-10H,1-2H3/q+1. The molecule has 1 aliphatic carbocycles. The molecule has 1 aromatic rings. The minimum Gasteiger partial charge on any atom is -0.456 e. The van der Waals surface area contributed by atoms with Crippen molar-refractivity contribution in [2.45, 2.75) is 0 Å². The second kappa shape index (κ2) is 3.74. The van der Waals surface area contributed by atoms with Gasteiger partial charge in [-0.2, -0.15) is 0 Å². The van der Waals surface area contributed by atoms with Crippen molar-refractivity contribution in [3.63, 3.8) is 0 Å². The van der Waals surface area contributed by atoms with E-state index in [9.17, 15) is 0 Å². The Morgan fingerprint density at radius 2 is 1.76 bits per heavy atom. The third-order valence-electron chi connectivity index (χ3n) is 2.96. The first-order valence-electron chi connectivity index (χ1n) is 5.67. The van der Waals surface area contributed by atoms with Crippen LogP contribution in [0.2, 0.25) is 0 Å². The molecule has 0 aromatic heterocycles. The van der Waals surface area contributed by atoms with Gasteiger partial charge in [-0.3, -0.25) is 0 Å². The fraction of sp³-hybridized carbons (Fsp3) is 0.133. The van der Waals surface area contributed by atoms with Crippen LogP contribution in [0.1, 0.15) is 0 Å². The maximum Gasteiger partial charge on any atom is 0.210 e. The van der Waals surface area contributed by atoms with E-state index in [0.29, 0.717) is 0 Å². The molecule has 0 fully saturated rings. The van der Waals surface area contributed by atoms with Gasteiger partial charge in [-0.1, -0.05) is 24.3 Å². The molecule has 1 heterocycles. The molecule has 2 aliphatic rings. The van der Waals surface area contributed by atoms with E-state index >= 15 is 0 Å². The van der Waals surface area contributed by atoms with Crippen LogP contribution in [0.15, 0.2) is 52.9 Å². The lowest BCUT2D eigenvalue weighted by molar-refractivity contribution is 0.616. The Bertz CT molecular complexity index is 720. The average Bonchev–Trinajstić information content (AvgIpc) is 2.35. The molecule has 0 spiro atoms. The Morgan fingerprint density at radius 3 is 2.59 bits per heavy atom. The van der Waals surface area contributed by atoms with Crippen molar-refractivity contribution in [3.8, 4) is 11.3 Å². The maximum atomic E-state index is 5.91. The first kappa shape index (κ1) is 10.1. The van der Waals surface area contributed by atoms with Gasteiger partial charge in [-0.05, 0) is 18.2 Å². The van der Waals surface area contributed by atoms with E-state index in [4.69, 9.17) is 4.42 Å². The van der Waals surface area contributed by atoms with Crippen molar-refractivity contribution in [1.82, 2.24) is 4.58 Å². The minimum absolute atomic E-state index is 0.926. The number of benzene rings is 2. The van der Waals surface area contributed by atoms with Crippen LogP contribution in [-0.2, 0) is 0 Å². The SMILES string of the molecule is C[N+](C)=c1cccc2oc3ccccc3cc1-2. The predicted molar refractivity (Wildman–Crippen MR) is 70.0 cm³/mol. The van der Waals surface area contributed by atoms with Crippen molar-refractivity contribution in [2.24, 2.45) is 0 Å². The highest BCUT2D eigenvalue weighted by Crippen LogP contribution is 2.24. The zero-order valence-corrected chi connectivity index (χ0v) is 9.97. The Hall–Kier alpha value is -2.09. The number of nitrogens with zero attached hydrogens (tertiary/aromatic N) is 1. The highest BCUT2D eigenvalue weighted by Gasteiger charge is 2.11. The van der Waals surface area contributed by atoms with Crippen LogP contribution in [0, 0.1) is 0 Å². The van der Waals surface area contributed by atoms with E-state index in [-0.39, 0.29) is 0 Å². The summed E-state index contributed by atoms with van der Waals surface area (Å²) in [6.45, 7) is 0. The monoisotopic (exact) mass is 224 g/mol. The van der Waals surface area contributed by atoms with Crippen LogP contribution in [0.4, 0.5) is 0 Å². The molecule has 0 amide bonds. The zero-order chi connectivity index (χ0) is 11.8. The molecule has 84 valence electrons. The van der Waals surface area contributed by atoms with Gasteiger partial charge >= 0.3 is 0 Å². The van der Waals surface area contributed by atoms with E-state index in [1.54, 1.807) is 0 Å². The van der Waals surface area contributed by atoms with Crippen molar-refractivity contribution >= 4 is 11.0 Å². The highest BCUT2D eigenvalue weighted by molar-refractivity contribution is 5.82. The molecular weight excluding hydrogens is 210 g/mol. The normalized spacial score (nSPS) is 10.9. The molecule has 1 aromatic carbocycles. The summed E-state index contributed by atoms with van der Waals surface area (Å²) in [5.74, 6) is 0.926. The second-order valence-electron chi connectivity index (χ2n) is 4.37. The van der Waals surface area contributed by atoms with Crippen LogP contribution in [0.25, 0.3) is 22.3 Å². The van der Waals surface area contributed by atoms with Gasteiger partial charge in [-0.25, -0.2) is 4.58 Å². The van der Waals surface area contributed by atoms with E-state index < -0.39 is 0 Å². The highest BCUT2D eigenvalue weighted by atomic mass is 16.3. The van der Waals surface area contributed by atoms with E-state index in [1.165, 1.54) is 5.36 Å². The number of para-hydroxylation sites is 1. The van der Waals surface area contributed by atoms with Crippen molar-refractivity contribution in [2.75, 3.05) is 14.1 Å². The lowest BCUT2D eigenvalue weighted by Crippen LogP contribution is -2.23. The van der Waals surface area contributed by atoms with Crippen LogP contribution in [-0.4, -0.2) is 14.1 Å². The minimum atomic E-state index is 0.926. The summed E-state index contributed by atoms with van der Waals surface area (Å²) in [4.78, 5) is 0. The van der Waals surface area contributed by atoms with Crippen LogP contribution < -0.4 is 9.93 Å². The summed E-state index contributed by atoms with van der Waals surface area (Å²) in [5.41, 5.74) is 2.08. The Kier molecular flexibility index (Phi) is 2.22. The smallest absolute Gasteiger partial charge is 0.210 e. The van der Waals surface area contributed by atoms with Crippen LogP contribution in [0.5, 0.6) is 0 Å². The summed E-state index contributed by atoms with van der Waals surface area (Å²) in [5, 5.41) is 2.31. The van der Waals surface area contributed by atoms with Gasteiger partial charge in [-0.15, -0.1) is 0 Å². The van der Waals surface area contributed by atoms with Crippen molar-refractivity contribution in [1.29, 1.82) is 0 Å². The number of rotatable bonds is 0. The van der Waals surface area contributed by atoms with E-state index in [0.717, 1.165) is 22.3 Å². The summed E-state index contributed by atoms with van der Waals surface area (Å²) < 4.78 is 8.01. The first-order chi connectivity index (χ1) is 8.25. The first-order valence-corrected chi connectivity index (χ1v) is 5.67. The molecule has 2 nitrogen and oxygen atoms in total. The largest absolute Gasteiger partial charge is 0.456 e. The van der Waals surface area contributed by atoms with E-state index in [1.807, 2.05) is 44.4 Å². The van der Waals surface area contributed by atoms with Crippen molar-refractivity contribution < 1.29 is 4.42 Å². The molecule has 0 N–H and O–H groups in total. The molecule has 2 heteroatoms. The number of hydrogen-bond donors (Lipinski definition) is 0. The Labute approximate surface area is 99.8 Å². The Balaban J connectivity index is 2.53. The average molecular weight is 224 g/mol. The molecule has 0 saturated heterocycles. The lowest BCUT2D eigenvalue weighted by Gasteiger charge is -2.05. The summed E-state index contributed by atoms with van der Waals surface area (Å²) in [7, 11) is 4.09. The van der Waals surface area contributed by atoms with E-state index in [2.05, 4.69) is 22.8 Å². The lowest BCUT2D eigenvalue weighted by atomic mass is 10.1. The molecule has 0 saturated carbocycles. The quantitative estimate of drug-likeness (QED) is 0.423. The molecule has 17 heavy (non-hydrogen) atoms. The maximum absolute atomic E-state index is 5.91. The summed E-state index contributed by atoms with van der Waals surface area (Å²) in [6.07, 6.45) is 0. The third kappa shape index (κ3) is 1.62. The van der Waals surface area contributed by atoms with Gasteiger partial charge in [0.2, 0.25) is 5.36 Å². The second-order valence-corrected chi connectivity index (χ2v) is 4.37. The van der Waals surface area contributed by atoms with Gasteiger partial charge in [0, 0.05) is 11.5 Å². The van der Waals surface area contributed by atoms with Crippen molar-refractivity contribution in [3.05, 3.63) is 53.9 Å². The van der Waals surface area contributed by atoms with Gasteiger partial charge in [0.15, 0.2) is 0 Å². The Morgan fingerprint density at radius 1 is 0.941 bits per heavy atom. The zero-order valence-electron chi connectivity index (χ0n) is 9.97. The molecule has 3 rings (SSSR count). The van der Waals surface area contributed by atoms with Gasteiger partial charge < -0.3 is 4.42 Å². The summed E-state index contributed by atoms with van der Waals surface area (Å²) in [6, 6.07) is 16.4. The van der Waals surface area contributed by atoms with Crippen LogP contribution in [0.3, 0.4) is 0 Å². The molecule has 1 aliphatic heterocycles. The topological polar surface area (TPSA) is 16.1 Å². The molecule has 0 atom stereocenters. The molecular formula is C15H14NO+. The van der Waals surface area contributed by atoms with Gasteiger partial charge in [0.05, 0.1) is 5.56 Å². The van der Waals surface area contributed by atoms with Gasteiger partial charge in [0.1, 0.15) is 25.4 Å².